The molecular formula is C30H29NO4. The zero-order chi connectivity index (χ0) is 24.4. The first kappa shape index (κ1) is 22.9. The van der Waals surface area contributed by atoms with Crippen LogP contribution in [0.1, 0.15) is 49.1 Å². The number of benzene rings is 3. The second-order valence-corrected chi connectivity index (χ2v) is 8.95. The van der Waals surface area contributed by atoms with E-state index in [0.29, 0.717) is 25.2 Å². The summed E-state index contributed by atoms with van der Waals surface area (Å²) >= 11 is 0. The maximum Gasteiger partial charge on any atom is 0.232 e. The molecule has 0 saturated carbocycles. The predicted octanol–water partition coefficient (Wildman–Crippen LogP) is 6.02. The Labute approximate surface area is 206 Å². The van der Waals surface area contributed by atoms with Crippen LogP contribution in [-0.4, -0.2) is 25.4 Å². The molecule has 178 valence electrons. The average molecular weight is 468 g/mol. The maximum absolute atomic E-state index is 13.8. The van der Waals surface area contributed by atoms with Crippen molar-refractivity contribution < 1.29 is 19.1 Å². The van der Waals surface area contributed by atoms with Gasteiger partial charge in [0.15, 0.2) is 5.78 Å². The predicted molar refractivity (Wildman–Crippen MR) is 136 cm³/mol. The number of hydrogen-bond acceptors (Lipinski definition) is 4. The van der Waals surface area contributed by atoms with E-state index >= 15 is 0 Å². The molecule has 3 aromatic carbocycles. The molecule has 0 saturated heterocycles. The Morgan fingerprint density at radius 1 is 0.857 bits per heavy atom. The van der Waals surface area contributed by atoms with E-state index < -0.39 is 0 Å². The van der Waals surface area contributed by atoms with Crippen LogP contribution in [0.5, 0.6) is 11.5 Å². The topological polar surface area (TPSA) is 55.8 Å². The van der Waals surface area contributed by atoms with Gasteiger partial charge in [-0.05, 0) is 55.2 Å². The molecule has 3 aromatic rings. The molecule has 2 unspecified atom stereocenters. The van der Waals surface area contributed by atoms with Gasteiger partial charge in [0.1, 0.15) is 11.5 Å². The summed E-state index contributed by atoms with van der Waals surface area (Å²) in [4.78, 5) is 29.2. The number of rotatable bonds is 6. The third-order valence-electron chi connectivity index (χ3n) is 6.92. The van der Waals surface area contributed by atoms with Crippen LogP contribution < -0.4 is 14.4 Å². The van der Waals surface area contributed by atoms with Crippen LogP contribution in [0.4, 0.5) is 5.69 Å². The summed E-state index contributed by atoms with van der Waals surface area (Å²) in [6.45, 7) is 2.51. The summed E-state index contributed by atoms with van der Waals surface area (Å²) < 4.78 is 11.2. The van der Waals surface area contributed by atoms with Gasteiger partial charge in [0.2, 0.25) is 5.91 Å². The molecule has 2 atom stereocenters. The number of ketones is 1. The number of ether oxygens (including phenoxy) is 2. The van der Waals surface area contributed by atoms with Crippen LogP contribution in [0.2, 0.25) is 0 Å². The number of allylic oxidation sites excluding steroid dienone is 2. The van der Waals surface area contributed by atoms with Crippen molar-refractivity contribution >= 4 is 17.4 Å². The number of carbonyl (C=O) groups is 2. The van der Waals surface area contributed by atoms with Crippen LogP contribution >= 0.6 is 0 Å². The van der Waals surface area contributed by atoms with Crippen molar-refractivity contribution in [3.8, 4) is 11.5 Å². The number of amides is 1. The molecular weight excluding hydrogens is 438 g/mol. The molecule has 0 radical (unpaired) electrons. The second kappa shape index (κ2) is 9.79. The first-order chi connectivity index (χ1) is 17.1. The number of anilines is 1. The van der Waals surface area contributed by atoms with Crippen molar-refractivity contribution in [3.05, 3.63) is 101 Å². The summed E-state index contributed by atoms with van der Waals surface area (Å²) in [7, 11) is 1.62. The smallest absolute Gasteiger partial charge is 0.232 e. The molecule has 0 N–H and O–H groups in total. The van der Waals surface area contributed by atoms with Gasteiger partial charge in [0, 0.05) is 41.3 Å². The largest absolute Gasteiger partial charge is 0.496 e. The van der Waals surface area contributed by atoms with Gasteiger partial charge >= 0.3 is 0 Å². The molecule has 0 aromatic heterocycles. The Kier molecular flexibility index (Phi) is 6.41. The third kappa shape index (κ3) is 4.34. The average Bonchev–Trinajstić information content (AvgIpc) is 2.89. The second-order valence-electron chi connectivity index (χ2n) is 8.95. The minimum atomic E-state index is -0.322. The fourth-order valence-electron chi connectivity index (χ4n) is 5.37. The van der Waals surface area contributed by atoms with Gasteiger partial charge in [0.05, 0.1) is 13.7 Å². The van der Waals surface area contributed by atoms with Crippen molar-refractivity contribution in [3.63, 3.8) is 0 Å². The lowest BCUT2D eigenvalue weighted by Crippen LogP contribution is -2.41. The lowest BCUT2D eigenvalue weighted by atomic mass is 9.72. The SMILES string of the molecule is CCOc1ccc(N2C(=O)CC(c3ccccc3OC)C3=C2CC(c2ccccc2)CC3=O)cc1. The lowest BCUT2D eigenvalue weighted by Gasteiger charge is -2.40. The van der Waals surface area contributed by atoms with Crippen molar-refractivity contribution in [1.29, 1.82) is 0 Å². The molecule has 2 aliphatic rings. The fourth-order valence-corrected chi connectivity index (χ4v) is 5.37. The van der Waals surface area contributed by atoms with E-state index in [1.807, 2.05) is 73.7 Å². The highest BCUT2D eigenvalue weighted by atomic mass is 16.5. The summed E-state index contributed by atoms with van der Waals surface area (Å²) in [6.07, 6.45) is 1.27. The van der Waals surface area contributed by atoms with Gasteiger partial charge in [-0.2, -0.15) is 0 Å². The van der Waals surface area contributed by atoms with Gasteiger partial charge in [-0.15, -0.1) is 0 Å². The maximum atomic E-state index is 13.8. The normalized spacial score (nSPS) is 20.0. The van der Waals surface area contributed by atoms with E-state index in [4.69, 9.17) is 9.47 Å². The zero-order valence-electron chi connectivity index (χ0n) is 20.1. The quantitative estimate of drug-likeness (QED) is 0.445. The molecule has 1 heterocycles. The Hall–Kier alpha value is -3.86. The molecule has 35 heavy (non-hydrogen) atoms. The number of carbonyl (C=O) groups excluding carboxylic acids is 2. The lowest BCUT2D eigenvalue weighted by molar-refractivity contribution is -0.120. The van der Waals surface area contributed by atoms with Crippen molar-refractivity contribution in [2.75, 3.05) is 18.6 Å². The number of methoxy groups -OCH3 is 1. The fraction of sp³-hybridized carbons (Fsp3) is 0.267. The monoisotopic (exact) mass is 467 g/mol. The van der Waals surface area contributed by atoms with Gasteiger partial charge in [0.25, 0.3) is 0 Å². The van der Waals surface area contributed by atoms with E-state index in [1.54, 1.807) is 12.0 Å². The Balaban J connectivity index is 1.64. The van der Waals surface area contributed by atoms with Crippen LogP contribution in [0.25, 0.3) is 0 Å². The summed E-state index contributed by atoms with van der Waals surface area (Å²) in [5, 5.41) is 0. The standard InChI is InChI=1S/C30H29NO4/c1-3-35-23-15-13-22(14-16-23)31-26-17-21(20-9-5-4-6-10-20)18-27(32)30(26)25(19-29(31)33)24-11-7-8-12-28(24)34-2/h4-16,21,25H,3,17-19H2,1-2H3. The minimum absolute atomic E-state index is 0.0228. The summed E-state index contributed by atoms with van der Waals surface area (Å²) in [6, 6.07) is 25.3. The van der Waals surface area contributed by atoms with E-state index in [-0.39, 0.29) is 29.9 Å². The molecule has 0 bridgehead atoms. The van der Waals surface area contributed by atoms with Gasteiger partial charge in [-0.3, -0.25) is 14.5 Å². The molecule has 5 heteroatoms. The first-order valence-corrected chi connectivity index (χ1v) is 12.1. The molecule has 0 fully saturated rings. The molecule has 5 rings (SSSR count). The molecule has 1 aliphatic heterocycles. The first-order valence-electron chi connectivity index (χ1n) is 12.1. The van der Waals surface area contributed by atoms with E-state index in [9.17, 15) is 9.59 Å². The Morgan fingerprint density at radius 3 is 2.29 bits per heavy atom. The number of nitrogens with zero attached hydrogens (tertiary/aromatic N) is 1. The third-order valence-corrected chi connectivity index (χ3v) is 6.92. The van der Waals surface area contributed by atoms with Crippen LogP contribution in [0.3, 0.4) is 0 Å². The Bertz CT molecular complexity index is 1260. The highest BCUT2D eigenvalue weighted by Crippen LogP contribution is 2.48. The van der Waals surface area contributed by atoms with E-state index in [2.05, 4.69) is 12.1 Å². The van der Waals surface area contributed by atoms with E-state index in [0.717, 1.165) is 33.8 Å². The van der Waals surface area contributed by atoms with E-state index in [1.165, 1.54) is 0 Å². The highest BCUT2D eigenvalue weighted by molar-refractivity contribution is 6.08. The summed E-state index contributed by atoms with van der Waals surface area (Å²) in [5.41, 5.74) is 4.28. The Morgan fingerprint density at radius 2 is 1.57 bits per heavy atom. The number of Topliss-reactive ketones (excluding diaryl/α,β-unsaturated/α-hetero) is 1. The molecule has 5 nitrogen and oxygen atoms in total. The van der Waals surface area contributed by atoms with Crippen molar-refractivity contribution in [1.82, 2.24) is 0 Å². The molecule has 0 spiro atoms. The summed E-state index contributed by atoms with van der Waals surface area (Å²) in [5.74, 6) is 1.23. The molecule has 1 amide bonds. The highest BCUT2D eigenvalue weighted by Gasteiger charge is 2.43. The van der Waals surface area contributed by atoms with Gasteiger partial charge in [-0.1, -0.05) is 48.5 Å². The van der Waals surface area contributed by atoms with Crippen LogP contribution in [-0.2, 0) is 9.59 Å². The van der Waals surface area contributed by atoms with Crippen LogP contribution in [0, 0.1) is 0 Å². The van der Waals surface area contributed by atoms with Crippen molar-refractivity contribution in [2.24, 2.45) is 0 Å². The van der Waals surface area contributed by atoms with Crippen LogP contribution in [0.15, 0.2) is 90.1 Å². The van der Waals surface area contributed by atoms with Gasteiger partial charge < -0.3 is 9.47 Å². The number of hydrogen-bond donors (Lipinski definition) is 0. The minimum Gasteiger partial charge on any atom is -0.496 e. The van der Waals surface area contributed by atoms with Crippen molar-refractivity contribution in [2.45, 2.75) is 38.0 Å². The van der Waals surface area contributed by atoms with Gasteiger partial charge in [-0.25, -0.2) is 0 Å². The number of para-hydroxylation sites is 1. The molecule has 1 aliphatic carbocycles. The zero-order valence-corrected chi connectivity index (χ0v) is 20.1.